The van der Waals surface area contributed by atoms with Crippen LogP contribution in [-0.4, -0.2) is 84.7 Å². The summed E-state index contributed by atoms with van der Waals surface area (Å²) < 4.78 is 10.7. The van der Waals surface area contributed by atoms with Gasteiger partial charge in [0, 0.05) is 44.9 Å². The average molecular weight is 453 g/mol. The highest BCUT2D eigenvalue weighted by Gasteiger charge is 2.24. The third-order valence-corrected chi connectivity index (χ3v) is 5.74. The van der Waals surface area contributed by atoms with E-state index in [0.29, 0.717) is 78.9 Å². The van der Waals surface area contributed by atoms with Crippen molar-refractivity contribution in [3.63, 3.8) is 0 Å². The maximum absolute atomic E-state index is 11.9. The summed E-state index contributed by atoms with van der Waals surface area (Å²) in [4.78, 5) is 29.9. The van der Waals surface area contributed by atoms with Crippen molar-refractivity contribution >= 4 is 28.6 Å². The number of phenolic OH excluding ortho intramolecular Hbond substituents is 1. The molecule has 10 heteroatoms. The fraction of sp³-hybridized carbons (Fsp3) is 0.391. The van der Waals surface area contributed by atoms with Gasteiger partial charge in [0.05, 0.1) is 25.5 Å². The van der Waals surface area contributed by atoms with E-state index in [-0.39, 0.29) is 11.4 Å². The minimum Gasteiger partial charge on any atom is -0.508 e. The molecule has 0 radical (unpaired) electrons. The number of ether oxygens (including phenoxy) is 2. The van der Waals surface area contributed by atoms with Gasteiger partial charge in [0.2, 0.25) is 5.95 Å². The number of carboxylic acid groups (broad SMARTS) is 1. The Labute approximate surface area is 191 Å². The van der Waals surface area contributed by atoms with E-state index in [2.05, 4.69) is 4.98 Å². The molecule has 2 aromatic heterocycles. The third-order valence-electron chi connectivity index (χ3n) is 5.74. The van der Waals surface area contributed by atoms with E-state index in [1.165, 1.54) is 6.07 Å². The zero-order valence-corrected chi connectivity index (χ0v) is 18.9. The van der Waals surface area contributed by atoms with Gasteiger partial charge < -0.3 is 29.5 Å². The molecule has 174 valence electrons. The smallest absolute Gasteiger partial charge is 0.354 e. The predicted molar refractivity (Wildman–Crippen MR) is 124 cm³/mol. The second-order valence-electron chi connectivity index (χ2n) is 7.86. The van der Waals surface area contributed by atoms with Crippen molar-refractivity contribution in [2.24, 2.45) is 0 Å². The number of nitrogens with zero attached hydrogens (tertiary/aromatic N) is 5. The van der Waals surface area contributed by atoms with Crippen molar-refractivity contribution < 1.29 is 24.5 Å². The van der Waals surface area contributed by atoms with Crippen LogP contribution in [0.2, 0.25) is 0 Å². The van der Waals surface area contributed by atoms with Gasteiger partial charge in [0.1, 0.15) is 22.5 Å². The molecule has 0 unspecified atom stereocenters. The van der Waals surface area contributed by atoms with Crippen molar-refractivity contribution in [1.29, 1.82) is 0 Å². The van der Waals surface area contributed by atoms with Crippen molar-refractivity contribution in [2.45, 2.75) is 6.92 Å². The minimum absolute atomic E-state index is 0.108. The summed E-state index contributed by atoms with van der Waals surface area (Å²) in [5.41, 5.74) is 3.17. The van der Waals surface area contributed by atoms with Crippen molar-refractivity contribution in [1.82, 2.24) is 15.0 Å². The topological polar surface area (TPSA) is 121 Å². The number of aromatic carboxylic acids is 1. The number of methoxy groups -OCH3 is 1. The van der Waals surface area contributed by atoms with Crippen molar-refractivity contribution in [3.8, 4) is 17.0 Å². The highest BCUT2D eigenvalue weighted by Crippen LogP contribution is 2.36. The maximum Gasteiger partial charge on any atom is 0.354 e. The number of rotatable bonds is 7. The zero-order valence-electron chi connectivity index (χ0n) is 18.9. The molecule has 0 atom stereocenters. The molecular weight excluding hydrogens is 426 g/mol. The summed E-state index contributed by atoms with van der Waals surface area (Å²) in [6.45, 7) is 5.20. The molecule has 3 heterocycles. The van der Waals surface area contributed by atoms with E-state index in [0.717, 1.165) is 0 Å². The molecule has 2 N–H and O–H groups in total. The van der Waals surface area contributed by atoms with Crippen LogP contribution in [0, 0.1) is 6.92 Å². The van der Waals surface area contributed by atoms with Crippen LogP contribution in [0.25, 0.3) is 22.3 Å². The van der Waals surface area contributed by atoms with E-state index >= 15 is 0 Å². The number of carboxylic acids is 1. The molecular formula is C23H27N5O5. The fourth-order valence-corrected chi connectivity index (χ4v) is 3.80. The quantitative estimate of drug-likeness (QED) is 0.551. The number of aromatic hydroxyl groups is 1. The monoisotopic (exact) mass is 453 g/mol. The standard InChI is InChI=1S/C23H27N5O5/c1-14-15(5-4-6-18(14)29)19-21-20(26-23(25-19)28-8-11-33-12-9-28)17(27(2)7-10-32-3)13-16(24-21)22(30)31/h4-6,13,29H,7-12H2,1-3H3,(H,30,31). The molecule has 1 fully saturated rings. The molecule has 1 saturated heterocycles. The molecule has 10 nitrogen and oxygen atoms in total. The Morgan fingerprint density at radius 3 is 2.67 bits per heavy atom. The number of phenols is 1. The Balaban J connectivity index is 2.03. The molecule has 0 aliphatic carbocycles. The van der Waals surface area contributed by atoms with Gasteiger partial charge in [-0.2, -0.15) is 0 Å². The molecule has 4 rings (SSSR count). The van der Waals surface area contributed by atoms with Crippen LogP contribution in [0.3, 0.4) is 0 Å². The summed E-state index contributed by atoms with van der Waals surface area (Å²) in [6, 6.07) is 6.69. The molecule has 0 bridgehead atoms. The number of aromatic nitrogens is 3. The highest BCUT2D eigenvalue weighted by atomic mass is 16.5. The average Bonchev–Trinajstić information content (AvgIpc) is 2.83. The summed E-state index contributed by atoms with van der Waals surface area (Å²) in [7, 11) is 3.47. The number of pyridine rings is 1. The Morgan fingerprint density at radius 1 is 1.21 bits per heavy atom. The molecule has 0 saturated carbocycles. The van der Waals surface area contributed by atoms with E-state index in [1.807, 2.05) is 22.9 Å². The molecule has 1 aliphatic heterocycles. The van der Waals surface area contributed by atoms with Gasteiger partial charge in [-0.25, -0.2) is 19.7 Å². The second kappa shape index (κ2) is 9.55. The Morgan fingerprint density at radius 2 is 1.97 bits per heavy atom. The van der Waals surface area contributed by atoms with Gasteiger partial charge in [0.15, 0.2) is 5.69 Å². The molecule has 0 amide bonds. The summed E-state index contributed by atoms with van der Waals surface area (Å²) in [6.07, 6.45) is 0. The number of hydrogen-bond donors (Lipinski definition) is 2. The van der Waals surface area contributed by atoms with E-state index < -0.39 is 5.97 Å². The van der Waals surface area contributed by atoms with Crippen molar-refractivity contribution in [2.75, 3.05) is 63.4 Å². The van der Waals surface area contributed by atoms with Gasteiger partial charge in [-0.15, -0.1) is 0 Å². The van der Waals surface area contributed by atoms with Gasteiger partial charge in [-0.05, 0) is 19.1 Å². The number of anilines is 2. The normalized spacial score (nSPS) is 14.0. The predicted octanol–water partition coefficient (Wildman–Crippen LogP) is 2.32. The summed E-state index contributed by atoms with van der Waals surface area (Å²) >= 11 is 0. The van der Waals surface area contributed by atoms with Crippen LogP contribution < -0.4 is 9.80 Å². The lowest BCUT2D eigenvalue weighted by Crippen LogP contribution is -2.37. The fourth-order valence-electron chi connectivity index (χ4n) is 3.80. The first kappa shape index (κ1) is 22.7. The summed E-state index contributed by atoms with van der Waals surface area (Å²) in [5.74, 6) is -0.511. The highest BCUT2D eigenvalue weighted by molar-refractivity contribution is 6.01. The van der Waals surface area contributed by atoms with E-state index in [4.69, 9.17) is 19.4 Å². The number of morpholine rings is 1. The van der Waals surface area contributed by atoms with E-state index in [1.54, 1.807) is 26.2 Å². The molecule has 1 aromatic carbocycles. The van der Waals surface area contributed by atoms with Gasteiger partial charge in [-0.3, -0.25) is 0 Å². The minimum atomic E-state index is -1.14. The maximum atomic E-state index is 11.9. The SMILES string of the molecule is COCCN(C)c1cc(C(=O)O)nc2c(-c3cccc(O)c3C)nc(N3CCOCC3)nc12. The Bertz CT molecular complexity index is 1180. The van der Waals surface area contributed by atoms with Gasteiger partial charge in [-0.1, -0.05) is 12.1 Å². The molecule has 0 spiro atoms. The van der Waals surface area contributed by atoms with Crippen LogP contribution in [0.5, 0.6) is 5.75 Å². The zero-order chi connectivity index (χ0) is 23.5. The van der Waals surface area contributed by atoms with Crippen LogP contribution >= 0.6 is 0 Å². The molecule has 3 aromatic rings. The lowest BCUT2D eigenvalue weighted by Gasteiger charge is -2.28. The lowest BCUT2D eigenvalue weighted by molar-refractivity contribution is 0.0691. The first-order valence-corrected chi connectivity index (χ1v) is 10.7. The Hall–Kier alpha value is -3.50. The number of hydrogen-bond acceptors (Lipinski definition) is 9. The molecule has 1 aliphatic rings. The van der Waals surface area contributed by atoms with Crippen molar-refractivity contribution in [3.05, 3.63) is 35.5 Å². The van der Waals surface area contributed by atoms with E-state index in [9.17, 15) is 15.0 Å². The number of carbonyl (C=O) groups is 1. The van der Waals surface area contributed by atoms with Gasteiger partial charge in [0.25, 0.3) is 0 Å². The largest absolute Gasteiger partial charge is 0.508 e. The third kappa shape index (κ3) is 4.53. The van der Waals surface area contributed by atoms with Crippen LogP contribution in [0.4, 0.5) is 11.6 Å². The first-order chi connectivity index (χ1) is 15.9. The number of fused-ring (bicyclic) bond motifs is 1. The second-order valence-corrected chi connectivity index (χ2v) is 7.86. The number of likely N-dealkylation sites (N-methyl/N-ethyl adjacent to an activating group) is 1. The first-order valence-electron chi connectivity index (χ1n) is 10.7. The summed E-state index contributed by atoms with van der Waals surface area (Å²) in [5, 5.41) is 20.1. The number of benzene rings is 1. The Kier molecular flexibility index (Phi) is 6.57. The van der Waals surface area contributed by atoms with Gasteiger partial charge >= 0.3 is 5.97 Å². The van der Waals surface area contributed by atoms with Crippen LogP contribution in [0.15, 0.2) is 24.3 Å². The van der Waals surface area contributed by atoms with Crippen LogP contribution in [-0.2, 0) is 9.47 Å². The van der Waals surface area contributed by atoms with Crippen LogP contribution in [0.1, 0.15) is 16.1 Å². The lowest BCUT2D eigenvalue weighted by atomic mass is 10.0. The molecule has 33 heavy (non-hydrogen) atoms.